The first-order valence-corrected chi connectivity index (χ1v) is 9.69. The maximum absolute atomic E-state index is 14.1. The summed E-state index contributed by atoms with van der Waals surface area (Å²) in [6.45, 7) is 6.43. The minimum absolute atomic E-state index is 0.0282. The second-order valence-electron chi connectivity index (χ2n) is 8.54. The van der Waals surface area contributed by atoms with Crippen LogP contribution in [-0.2, 0) is 5.41 Å². The fourth-order valence-corrected chi connectivity index (χ4v) is 3.34. The zero-order valence-corrected chi connectivity index (χ0v) is 16.6. The van der Waals surface area contributed by atoms with Gasteiger partial charge >= 0.3 is 0 Å². The first-order chi connectivity index (χ1) is 13.7. The molecule has 0 saturated heterocycles. The van der Waals surface area contributed by atoms with Gasteiger partial charge < -0.3 is 5.32 Å². The summed E-state index contributed by atoms with van der Waals surface area (Å²) in [4.78, 5) is 12.7. The molecule has 1 aliphatic carbocycles. The van der Waals surface area contributed by atoms with Crippen LogP contribution in [0.1, 0.15) is 61.1 Å². The van der Waals surface area contributed by atoms with Gasteiger partial charge in [-0.15, -0.1) is 0 Å². The molecule has 0 bridgehead atoms. The number of anilines is 1. The van der Waals surface area contributed by atoms with Crippen LogP contribution in [-0.4, -0.2) is 16.1 Å². The predicted octanol–water partition coefficient (Wildman–Crippen LogP) is 5.78. The van der Waals surface area contributed by atoms with Crippen molar-refractivity contribution in [2.24, 2.45) is 0 Å². The number of hydrogen-bond donors (Lipinski definition) is 2. The Labute approximate surface area is 168 Å². The molecule has 0 spiro atoms. The fourth-order valence-electron chi connectivity index (χ4n) is 3.34. The van der Waals surface area contributed by atoms with Crippen molar-refractivity contribution in [2.75, 3.05) is 5.32 Å². The number of carbonyl (C=O) groups excluding carboxylic acids is 1. The quantitative estimate of drug-likeness (QED) is 0.588. The summed E-state index contributed by atoms with van der Waals surface area (Å²) in [5.74, 6) is -1.94. The highest BCUT2D eigenvalue weighted by Gasteiger charge is 2.31. The van der Waals surface area contributed by atoms with E-state index in [0.29, 0.717) is 23.4 Å². The molecule has 2 N–H and O–H groups in total. The fraction of sp³-hybridized carbons (Fsp3) is 0.304. The largest absolute Gasteiger partial charge is 0.318 e. The number of halogens is 2. The van der Waals surface area contributed by atoms with Gasteiger partial charge in [-0.2, -0.15) is 5.10 Å². The second-order valence-corrected chi connectivity index (χ2v) is 8.54. The highest BCUT2D eigenvalue weighted by atomic mass is 19.1. The number of carbonyl (C=O) groups is 1. The molecule has 0 atom stereocenters. The first-order valence-electron chi connectivity index (χ1n) is 9.69. The molecule has 2 aromatic carbocycles. The number of hydrogen-bond acceptors (Lipinski definition) is 2. The Morgan fingerprint density at radius 1 is 1.10 bits per heavy atom. The highest BCUT2D eigenvalue weighted by Crippen LogP contribution is 2.45. The summed E-state index contributed by atoms with van der Waals surface area (Å²) < 4.78 is 27.2. The van der Waals surface area contributed by atoms with Crippen LogP contribution in [0.2, 0.25) is 0 Å². The van der Waals surface area contributed by atoms with E-state index >= 15 is 0 Å². The van der Waals surface area contributed by atoms with E-state index in [0.717, 1.165) is 36.2 Å². The van der Waals surface area contributed by atoms with Gasteiger partial charge in [0.15, 0.2) is 0 Å². The zero-order valence-electron chi connectivity index (χ0n) is 16.6. The van der Waals surface area contributed by atoms with Gasteiger partial charge in [-0.3, -0.25) is 9.89 Å². The molecule has 3 aromatic rings. The van der Waals surface area contributed by atoms with Crippen LogP contribution in [0.5, 0.6) is 0 Å². The summed E-state index contributed by atoms with van der Waals surface area (Å²) >= 11 is 0. The van der Waals surface area contributed by atoms with Gasteiger partial charge in [-0.25, -0.2) is 8.78 Å². The average molecular weight is 395 g/mol. The van der Waals surface area contributed by atoms with Gasteiger partial charge in [-0.05, 0) is 36.0 Å². The maximum atomic E-state index is 14.1. The van der Waals surface area contributed by atoms with E-state index < -0.39 is 17.5 Å². The summed E-state index contributed by atoms with van der Waals surface area (Å²) in [5.41, 5.74) is 3.89. The third kappa shape index (κ3) is 3.92. The van der Waals surface area contributed by atoms with Crippen molar-refractivity contribution in [2.45, 2.75) is 44.9 Å². The molecule has 0 aliphatic heterocycles. The zero-order chi connectivity index (χ0) is 20.8. The molecule has 1 amide bonds. The molecule has 4 rings (SSSR count). The van der Waals surface area contributed by atoms with Gasteiger partial charge in [0.1, 0.15) is 17.3 Å². The van der Waals surface area contributed by atoms with E-state index in [1.165, 1.54) is 5.56 Å². The van der Waals surface area contributed by atoms with Gasteiger partial charge in [-0.1, -0.05) is 45.0 Å². The van der Waals surface area contributed by atoms with Crippen molar-refractivity contribution in [3.63, 3.8) is 0 Å². The minimum atomic E-state index is -0.893. The molecule has 6 heteroatoms. The molecule has 1 aliphatic rings. The van der Waals surface area contributed by atoms with Crippen molar-refractivity contribution in [3.05, 3.63) is 70.9 Å². The van der Waals surface area contributed by atoms with Crippen LogP contribution in [0.4, 0.5) is 14.5 Å². The molecular weight excluding hydrogens is 372 g/mol. The topological polar surface area (TPSA) is 57.8 Å². The third-order valence-electron chi connectivity index (χ3n) is 5.22. The molecule has 1 saturated carbocycles. The van der Waals surface area contributed by atoms with Gasteiger partial charge in [0.05, 0.1) is 16.9 Å². The van der Waals surface area contributed by atoms with Crippen molar-refractivity contribution < 1.29 is 13.6 Å². The highest BCUT2D eigenvalue weighted by molar-refractivity contribution is 6.06. The van der Waals surface area contributed by atoms with Crippen molar-refractivity contribution in [1.82, 2.24) is 10.2 Å². The summed E-state index contributed by atoms with van der Waals surface area (Å²) in [6, 6.07) is 11.0. The first kappa shape index (κ1) is 19.3. The Bertz CT molecular complexity index is 1060. The third-order valence-corrected chi connectivity index (χ3v) is 5.22. The Balaban J connectivity index is 1.69. The number of H-pyrrole nitrogens is 1. The van der Waals surface area contributed by atoms with Crippen molar-refractivity contribution in [1.29, 1.82) is 0 Å². The number of benzene rings is 2. The number of aromatic amines is 1. The van der Waals surface area contributed by atoms with E-state index in [-0.39, 0.29) is 11.0 Å². The van der Waals surface area contributed by atoms with E-state index in [1.807, 2.05) is 24.3 Å². The molecule has 4 nitrogen and oxygen atoms in total. The lowest BCUT2D eigenvalue weighted by Crippen LogP contribution is -2.15. The minimum Gasteiger partial charge on any atom is -0.318 e. The monoisotopic (exact) mass is 395 g/mol. The Kier molecular flexibility index (Phi) is 4.73. The van der Waals surface area contributed by atoms with Crippen LogP contribution < -0.4 is 5.32 Å². The normalized spacial score (nSPS) is 14.1. The molecule has 1 heterocycles. The van der Waals surface area contributed by atoms with E-state index in [9.17, 15) is 13.6 Å². The molecule has 29 heavy (non-hydrogen) atoms. The Hall–Kier alpha value is -3.02. The summed E-state index contributed by atoms with van der Waals surface area (Å²) in [6.07, 6.45) is 2.02. The molecule has 0 radical (unpaired) electrons. The maximum Gasteiger partial charge on any atom is 0.258 e. The summed E-state index contributed by atoms with van der Waals surface area (Å²) in [5, 5.41) is 10.3. The SMILES string of the molecule is CC(C)(C)c1ccc(-c2n[nH]c(C3CC3)c2NC(=O)c2ccc(F)cc2F)cc1. The van der Waals surface area contributed by atoms with Crippen LogP contribution in [0.3, 0.4) is 0 Å². The molecule has 1 fully saturated rings. The lowest BCUT2D eigenvalue weighted by atomic mass is 9.86. The van der Waals surface area contributed by atoms with Crippen LogP contribution in [0.25, 0.3) is 11.3 Å². The van der Waals surface area contributed by atoms with Crippen molar-refractivity contribution in [3.8, 4) is 11.3 Å². The van der Waals surface area contributed by atoms with E-state index in [4.69, 9.17) is 0 Å². The number of nitrogens with zero attached hydrogens (tertiary/aromatic N) is 1. The smallest absolute Gasteiger partial charge is 0.258 e. The number of rotatable bonds is 4. The Morgan fingerprint density at radius 2 is 1.79 bits per heavy atom. The van der Waals surface area contributed by atoms with Gasteiger partial charge in [0.2, 0.25) is 0 Å². The van der Waals surface area contributed by atoms with E-state index in [2.05, 4.69) is 36.3 Å². The van der Waals surface area contributed by atoms with Crippen molar-refractivity contribution >= 4 is 11.6 Å². The molecule has 150 valence electrons. The predicted molar refractivity (Wildman–Crippen MR) is 109 cm³/mol. The van der Waals surface area contributed by atoms with Gasteiger partial charge in [0.25, 0.3) is 5.91 Å². The Morgan fingerprint density at radius 3 is 2.38 bits per heavy atom. The van der Waals surface area contributed by atoms with Crippen LogP contribution in [0, 0.1) is 11.6 Å². The second kappa shape index (κ2) is 7.10. The molecular formula is C23H23F2N3O. The van der Waals surface area contributed by atoms with Crippen LogP contribution >= 0.6 is 0 Å². The number of nitrogens with one attached hydrogen (secondary N) is 2. The molecule has 0 unspecified atom stereocenters. The summed E-state index contributed by atoms with van der Waals surface area (Å²) in [7, 11) is 0. The lowest BCUT2D eigenvalue weighted by Gasteiger charge is -2.19. The van der Waals surface area contributed by atoms with Crippen LogP contribution in [0.15, 0.2) is 42.5 Å². The number of aromatic nitrogens is 2. The van der Waals surface area contributed by atoms with E-state index in [1.54, 1.807) is 0 Å². The van der Waals surface area contributed by atoms with Gasteiger partial charge in [0, 0.05) is 17.5 Å². The average Bonchev–Trinajstić information content (AvgIpc) is 3.42. The molecule has 1 aromatic heterocycles. The standard InChI is InChI=1S/C23H23F2N3O/c1-23(2,3)15-8-6-14(7-9-15)20-21(19(27-28-20)13-4-5-13)26-22(29)17-11-10-16(24)12-18(17)25/h6-13H,4-5H2,1-3H3,(H,26,29)(H,27,28). The number of amides is 1. The lowest BCUT2D eigenvalue weighted by molar-refractivity contribution is 0.102.